The number of aromatic nitrogens is 2. The van der Waals surface area contributed by atoms with Crippen LogP contribution in [-0.2, 0) is 6.54 Å². The molecule has 1 aliphatic heterocycles. The fraction of sp³-hybridized carbons (Fsp3) is 0.375. The lowest BCUT2D eigenvalue weighted by atomic mass is 10.2. The lowest BCUT2D eigenvalue weighted by Crippen LogP contribution is -2.52. The molecule has 1 aromatic carbocycles. The summed E-state index contributed by atoms with van der Waals surface area (Å²) >= 11 is 0. The van der Waals surface area contributed by atoms with Crippen LogP contribution >= 0.6 is 0 Å². The van der Waals surface area contributed by atoms with E-state index in [0.717, 1.165) is 43.5 Å². The molecular weight excluding hydrogens is 295 g/mol. The molecule has 0 atom stereocenters. The van der Waals surface area contributed by atoms with E-state index in [4.69, 9.17) is 0 Å². The van der Waals surface area contributed by atoms with Crippen LogP contribution < -0.4 is 10.2 Å². The second-order valence-corrected chi connectivity index (χ2v) is 5.43. The van der Waals surface area contributed by atoms with Crippen LogP contribution in [0.25, 0.3) is 0 Å². The Balaban J connectivity index is 1.53. The number of H-pyrrole nitrogens is 1. The van der Waals surface area contributed by atoms with Gasteiger partial charge in [0.2, 0.25) is 0 Å². The molecule has 0 aliphatic carbocycles. The molecule has 2 N–H and O–H groups in total. The minimum absolute atomic E-state index is 0.198. The van der Waals surface area contributed by atoms with E-state index in [2.05, 4.69) is 30.3 Å². The molecule has 7 heteroatoms. The summed E-state index contributed by atoms with van der Waals surface area (Å²) in [5.74, 6) is 0.689. The van der Waals surface area contributed by atoms with Crippen molar-refractivity contribution in [2.45, 2.75) is 6.54 Å². The normalized spacial score (nSPS) is 15.8. The van der Waals surface area contributed by atoms with Crippen LogP contribution in [0.1, 0.15) is 5.69 Å². The van der Waals surface area contributed by atoms with Gasteiger partial charge in [-0.2, -0.15) is 5.10 Å². The Bertz CT molecular complexity index is 629. The number of hydrogen-bond donors (Lipinski definition) is 2. The van der Waals surface area contributed by atoms with Crippen molar-refractivity contribution in [2.24, 2.45) is 4.99 Å². The van der Waals surface area contributed by atoms with E-state index in [0.29, 0.717) is 6.54 Å². The number of piperazine rings is 1. The molecule has 0 amide bonds. The minimum Gasteiger partial charge on any atom is -0.368 e. The van der Waals surface area contributed by atoms with Crippen LogP contribution in [0.15, 0.2) is 41.5 Å². The Hall–Kier alpha value is -2.57. The van der Waals surface area contributed by atoms with Crippen molar-refractivity contribution < 1.29 is 4.39 Å². The topological polar surface area (TPSA) is 59.6 Å². The van der Waals surface area contributed by atoms with Crippen LogP contribution in [0, 0.1) is 5.82 Å². The van der Waals surface area contributed by atoms with Gasteiger partial charge in [-0.15, -0.1) is 0 Å². The summed E-state index contributed by atoms with van der Waals surface area (Å²) in [6, 6.07) is 8.61. The Morgan fingerprint density at radius 3 is 2.57 bits per heavy atom. The fourth-order valence-electron chi connectivity index (χ4n) is 2.72. The van der Waals surface area contributed by atoms with Crippen LogP contribution in [0.5, 0.6) is 0 Å². The average molecular weight is 316 g/mol. The van der Waals surface area contributed by atoms with Crippen LogP contribution in [0.2, 0.25) is 0 Å². The van der Waals surface area contributed by atoms with E-state index in [9.17, 15) is 4.39 Å². The van der Waals surface area contributed by atoms with Crippen LogP contribution in [0.3, 0.4) is 0 Å². The Morgan fingerprint density at radius 1 is 1.22 bits per heavy atom. The molecule has 2 aromatic rings. The van der Waals surface area contributed by atoms with Gasteiger partial charge >= 0.3 is 0 Å². The molecule has 6 nitrogen and oxygen atoms in total. The standard InChI is InChI=1S/C16H21FN6/c1-18-16(19-12-14-6-7-20-21-14)23-10-8-22(9-11-23)15-4-2-13(17)3-5-15/h2-7H,8-12H2,1H3,(H,18,19)(H,20,21). The van der Waals surface area contributed by atoms with Gasteiger partial charge < -0.3 is 15.1 Å². The van der Waals surface area contributed by atoms with E-state index < -0.39 is 0 Å². The largest absolute Gasteiger partial charge is 0.368 e. The number of nitrogens with one attached hydrogen (secondary N) is 2. The average Bonchev–Trinajstić information content (AvgIpc) is 3.10. The minimum atomic E-state index is -0.198. The zero-order valence-corrected chi connectivity index (χ0v) is 13.2. The first-order valence-electron chi connectivity index (χ1n) is 7.70. The van der Waals surface area contributed by atoms with Gasteiger partial charge in [0, 0.05) is 45.1 Å². The van der Waals surface area contributed by atoms with Gasteiger partial charge in [0.25, 0.3) is 0 Å². The highest BCUT2D eigenvalue weighted by molar-refractivity contribution is 5.80. The molecule has 0 bridgehead atoms. The number of guanidine groups is 1. The predicted octanol–water partition coefficient (Wildman–Crippen LogP) is 1.45. The summed E-state index contributed by atoms with van der Waals surface area (Å²) in [5.41, 5.74) is 2.09. The number of benzene rings is 1. The first-order valence-corrected chi connectivity index (χ1v) is 7.70. The monoisotopic (exact) mass is 316 g/mol. The molecule has 0 saturated carbocycles. The summed E-state index contributed by atoms with van der Waals surface area (Å²) in [6.45, 7) is 4.19. The Morgan fingerprint density at radius 2 is 1.96 bits per heavy atom. The number of hydrogen-bond acceptors (Lipinski definition) is 3. The third-order valence-electron chi connectivity index (χ3n) is 3.98. The predicted molar refractivity (Wildman–Crippen MR) is 89.0 cm³/mol. The second kappa shape index (κ2) is 7.13. The molecule has 23 heavy (non-hydrogen) atoms. The van der Waals surface area contributed by atoms with Gasteiger partial charge in [-0.05, 0) is 30.3 Å². The Kier molecular flexibility index (Phi) is 4.75. The van der Waals surface area contributed by atoms with E-state index >= 15 is 0 Å². The van der Waals surface area contributed by atoms with Gasteiger partial charge in [0.1, 0.15) is 5.82 Å². The van der Waals surface area contributed by atoms with E-state index in [1.807, 2.05) is 18.2 Å². The number of anilines is 1. The highest BCUT2D eigenvalue weighted by atomic mass is 19.1. The number of aromatic amines is 1. The number of nitrogens with zero attached hydrogens (tertiary/aromatic N) is 4. The maximum atomic E-state index is 13.0. The van der Waals surface area contributed by atoms with E-state index in [-0.39, 0.29) is 5.82 Å². The quantitative estimate of drug-likeness (QED) is 0.665. The summed E-state index contributed by atoms with van der Waals surface area (Å²) in [7, 11) is 1.79. The van der Waals surface area contributed by atoms with Crippen molar-refractivity contribution in [3.63, 3.8) is 0 Å². The third kappa shape index (κ3) is 3.80. The molecule has 122 valence electrons. The first kappa shape index (κ1) is 15.3. The van der Waals surface area contributed by atoms with Gasteiger partial charge in [-0.1, -0.05) is 0 Å². The van der Waals surface area contributed by atoms with E-state index in [1.165, 1.54) is 12.1 Å². The van der Waals surface area contributed by atoms with Gasteiger partial charge in [-0.25, -0.2) is 4.39 Å². The van der Waals surface area contributed by atoms with Crippen molar-refractivity contribution >= 4 is 11.6 Å². The molecule has 1 saturated heterocycles. The molecular formula is C16H21FN6. The lowest BCUT2D eigenvalue weighted by Gasteiger charge is -2.37. The van der Waals surface area contributed by atoms with Crippen molar-refractivity contribution in [2.75, 3.05) is 38.1 Å². The molecule has 1 fully saturated rings. The van der Waals surface area contributed by atoms with Crippen molar-refractivity contribution in [3.8, 4) is 0 Å². The van der Waals surface area contributed by atoms with Gasteiger partial charge in [0.05, 0.1) is 12.2 Å². The SMILES string of the molecule is CN=C(NCc1ccn[nH]1)N1CCN(c2ccc(F)cc2)CC1. The molecule has 1 aliphatic rings. The second-order valence-electron chi connectivity index (χ2n) is 5.43. The first-order chi connectivity index (χ1) is 11.3. The molecule has 3 rings (SSSR count). The lowest BCUT2D eigenvalue weighted by molar-refractivity contribution is 0.372. The summed E-state index contributed by atoms with van der Waals surface area (Å²) < 4.78 is 13.0. The zero-order valence-electron chi connectivity index (χ0n) is 13.2. The van der Waals surface area contributed by atoms with Crippen LogP contribution in [-0.4, -0.2) is 54.3 Å². The summed E-state index contributed by atoms with van der Waals surface area (Å²) in [4.78, 5) is 8.84. The molecule has 2 heterocycles. The third-order valence-corrected chi connectivity index (χ3v) is 3.98. The van der Waals surface area contributed by atoms with E-state index in [1.54, 1.807) is 13.2 Å². The molecule has 0 unspecified atom stereocenters. The molecule has 1 aromatic heterocycles. The van der Waals surface area contributed by atoms with Gasteiger partial charge in [-0.3, -0.25) is 10.1 Å². The maximum absolute atomic E-state index is 13.0. The van der Waals surface area contributed by atoms with Crippen LogP contribution in [0.4, 0.5) is 10.1 Å². The zero-order chi connectivity index (χ0) is 16.1. The molecule has 0 spiro atoms. The summed E-state index contributed by atoms with van der Waals surface area (Å²) in [5, 5.41) is 10.2. The van der Waals surface area contributed by atoms with Crippen molar-refractivity contribution in [1.29, 1.82) is 0 Å². The highest BCUT2D eigenvalue weighted by Gasteiger charge is 2.19. The molecule has 0 radical (unpaired) electrons. The van der Waals surface area contributed by atoms with Gasteiger partial charge in [0.15, 0.2) is 5.96 Å². The van der Waals surface area contributed by atoms with Crippen molar-refractivity contribution in [3.05, 3.63) is 48.0 Å². The summed E-state index contributed by atoms with van der Waals surface area (Å²) in [6.07, 6.45) is 1.74. The van der Waals surface area contributed by atoms with Crippen molar-refractivity contribution in [1.82, 2.24) is 20.4 Å². The Labute approximate surface area is 135 Å². The highest BCUT2D eigenvalue weighted by Crippen LogP contribution is 2.16. The number of rotatable bonds is 3. The number of aliphatic imine (C=N–C) groups is 1. The fourth-order valence-corrected chi connectivity index (χ4v) is 2.72. The smallest absolute Gasteiger partial charge is 0.194 e. The number of halogens is 1. The maximum Gasteiger partial charge on any atom is 0.194 e.